The number of benzene rings is 2. The number of nitrogens with zero attached hydrogens (tertiary/aromatic N) is 3. The van der Waals surface area contributed by atoms with Crippen LogP contribution in [-0.4, -0.2) is 15.9 Å². The van der Waals surface area contributed by atoms with Crippen LogP contribution in [0.2, 0.25) is 0 Å². The Morgan fingerprint density at radius 2 is 1.90 bits per heavy atom. The third kappa shape index (κ3) is 3.45. The maximum absolute atomic E-state index is 12.8. The van der Waals surface area contributed by atoms with Gasteiger partial charge in [-0.3, -0.25) is 4.79 Å². The van der Waals surface area contributed by atoms with Gasteiger partial charge in [0.05, 0.1) is 13.1 Å². The van der Waals surface area contributed by atoms with Crippen LogP contribution >= 0.6 is 0 Å². The van der Waals surface area contributed by atoms with Gasteiger partial charge in [0.2, 0.25) is 5.88 Å². The summed E-state index contributed by atoms with van der Waals surface area (Å²) in [6, 6.07) is 16.3. The minimum Gasteiger partial charge on any atom is -0.439 e. The Bertz CT molecular complexity index is 1230. The van der Waals surface area contributed by atoms with Crippen molar-refractivity contribution in [3.05, 3.63) is 83.7 Å². The number of aromatic amines is 1. The van der Waals surface area contributed by atoms with Crippen molar-refractivity contribution in [2.24, 2.45) is 10.2 Å². The van der Waals surface area contributed by atoms with Gasteiger partial charge in [-0.2, -0.15) is 10.2 Å². The van der Waals surface area contributed by atoms with Gasteiger partial charge in [0, 0.05) is 46.2 Å². The number of ether oxygens (including phenoxy) is 1. The summed E-state index contributed by atoms with van der Waals surface area (Å²) in [5, 5.41) is 12.5. The van der Waals surface area contributed by atoms with Gasteiger partial charge in [-0.15, -0.1) is 0 Å². The summed E-state index contributed by atoms with van der Waals surface area (Å²) in [5.74, 6) is 0.806. The molecule has 0 radical (unpaired) electrons. The fraction of sp³-hybridized carbons (Fsp3) is 0.0909. The Morgan fingerprint density at radius 3 is 2.76 bits per heavy atom. The second kappa shape index (κ2) is 7.20. The first kappa shape index (κ1) is 17.1. The van der Waals surface area contributed by atoms with Crippen molar-refractivity contribution in [2.45, 2.75) is 13.1 Å². The van der Waals surface area contributed by atoms with Crippen LogP contribution in [0.3, 0.4) is 0 Å². The number of carbonyl (C=O) groups is 1. The molecule has 29 heavy (non-hydrogen) atoms. The lowest BCUT2D eigenvalue weighted by atomic mass is 10.1. The molecule has 5 rings (SSSR count). The molecule has 0 bridgehead atoms. The Morgan fingerprint density at radius 1 is 1.00 bits per heavy atom. The van der Waals surface area contributed by atoms with Crippen molar-refractivity contribution in [3.8, 4) is 11.6 Å². The van der Waals surface area contributed by atoms with Crippen LogP contribution < -0.4 is 10.1 Å². The zero-order valence-corrected chi connectivity index (χ0v) is 15.4. The second-order valence-corrected chi connectivity index (χ2v) is 6.72. The monoisotopic (exact) mass is 383 g/mol. The van der Waals surface area contributed by atoms with Crippen molar-refractivity contribution in [1.29, 1.82) is 0 Å². The fourth-order valence-electron chi connectivity index (χ4n) is 3.44. The Hall–Kier alpha value is -4.00. The van der Waals surface area contributed by atoms with Crippen molar-refractivity contribution >= 4 is 22.5 Å². The molecule has 1 amide bonds. The molecule has 0 saturated carbocycles. The van der Waals surface area contributed by atoms with E-state index in [0.717, 1.165) is 22.0 Å². The minimum atomic E-state index is -0.218. The summed E-state index contributed by atoms with van der Waals surface area (Å²) in [6.07, 6.45) is 3.60. The average molecular weight is 383 g/mol. The standard InChI is InChI=1S/C22H17N5O2/c28-22(14-4-3-5-18(9-14)29-20-6-1-2-7-23-20)27-17-8-15-12-25-26-13-16-11-24-19(10-17)21(15)16/h1-11,24H,12-13H2,(H,27,28). The van der Waals surface area contributed by atoms with Crippen molar-refractivity contribution in [2.75, 3.05) is 5.32 Å². The SMILES string of the molecule is O=C(Nc1cc2c3c(c[nH]c3c1)CN=NC2)c1cccc(Oc2ccccn2)c1. The molecular weight excluding hydrogens is 366 g/mol. The number of amides is 1. The molecule has 0 atom stereocenters. The minimum absolute atomic E-state index is 0.218. The third-order valence-electron chi connectivity index (χ3n) is 4.74. The van der Waals surface area contributed by atoms with Crippen molar-refractivity contribution in [1.82, 2.24) is 9.97 Å². The van der Waals surface area contributed by atoms with E-state index in [-0.39, 0.29) is 5.91 Å². The maximum Gasteiger partial charge on any atom is 0.255 e. The number of H-pyrrole nitrogens is 1. The summed E-state index contributed by atoms with van der Waals surface area (Å²) >= 11 is 0. The predicted octanol–water partition coefficient (Wildman–Crippen LogP) is 5.07. The van der Waals surface area contributed by atoms with E-state index < -0.39 is 0 Å². The van der Waals surface area contributed by atoms with Gasteiger partial charge in [-0.1, -0.05) is 12.1 Å². The van der Waals surface area contributed by atoms with Gasteiger partial charge in [-0.25, -0.2) is 4.98 Å². The zero-order valence-electron chi connectivity index (χ0n) is 15.4. The van der Waals surface area contributed by atoms with Gasteiger partial charge in [-0.05, 0) is 42.0 Å². The molecule has 3 heterocycles. The number of nitrogens with one attached hydrogen (secondary N) is 2. The van der Waals surface area contributed by atoms with E-state index in [1.165, 1.54) is 0 Å². The summed E-state index contributed by atoms with van der Waals surface area (Å²) in [5.41, 5.74) is 4.33. The predicted molar refractivity (Wildman–Crippen MR) is 109 cm³/mol. The summed E-state index contributed by atoms with van der Waals surface area (Å²) < 4.78 is 5.72. The molecule has 0 fully saturated rings. The van der Waals surface area contributed by atoms with Crippen LogP contribution in [0, 0.1) is 0 Å². The smallest absolute Gasteiger partial charge is 0.255 e. The van der Waals surface area contributed by atoms with E-state index in [0.29, 0.717) is 36.0 Å². The average Bonchev–Trinajstić information content (AvgIpc) is 3.03. The van der Waals surface area contributed by atoms with Gasteiger partial charge in [0.1, 0.15) is 5.75 Å². The molecule has 142 valence electrons. The molecule has 1 aliphatic heterocycles. The highest BCUT2D eigenvalue weighted by Crippen LogP contribution is 2.30. The van der Waals surface area contributed by atoms with E-state index in [2.05, 4.69) is 25.5 Å². The first-order valence-electron chi connectivity index (χ1n) is 9.23. The topological polar surface area (TPSA) is 91.7 Å². The van der Waals surface area contributed by atoms with E-state index in [1.807, 2.05) is 30.5 Å². The largest absolute Gasteiger partial charge is 0.439 e. The number of anilines is 1. The highest BCUT2D eigenvalue weighted by molar-refractivity contribution is 6.05. The van der Waals surface area contributed by atoms with Crippen LogP contribution in [-0.2, 0) is 13.1 Å². The van der Waals surface area contributed by atoms with Crippen LogP contribution in [0.15, 0.2) is 77.2 Å². The molecule has 7 heteroatoms. The number of hydrogen-bond donors (Lipinski definition) is 2. The summed E-state index contributed by atoms with van der Waals surface area (Å²) in [6.45, 7) is 1.07. The molecule has 0 unspecified atom stereocenters. The van der Waals surface area contributed by atoms with Gasteiger partial charge in [0.15, 0.2) is 0 Å². The lowest BCUT2D eigenvalue weighted by Gasteiger charge is -2.10. The van der Waals surface area contributed by atoms with Gasteiger partial charge < -0.3 is 15.0 Å². The maximum atomic E-state index is 12.8. The molecule has 1 aliphatic rings. The number of pyridine rings is 1. The van der Waals surface area contributed by atoms with E-state index in [9.17, 15) is 4.79 Å². The quantitative estimate of drug-likeness (QED) is 0.515. The Kier molecular flexibility index (Phi) is 4.25. The van der Waals surface area contributed by atoms with Crippen LogP contribution in [0.5, 0.6) is 11.6 Å². The molecular formula is C22H17N5O2. The third-order valence-corrected chi connectivity index (χ3v) is 4.74. The normalized spacial score (nSPS) is 12.6. The lowest BCUT2D eigenvalue weighted by Crippen LogP contribution is -2.12. The number of hydrogen-bond acceptors (Lipinski definition) is 5. The lowest BCUT2D eigenvalue weighted by molar-refractivity contribution is 0.102. The van der Waals surface area contributed by atoms with Crippen LogP contribution in [0.1, 0.15) is 21.5 Å². The highest BCUT2D eigenvalue weighted by Gasteiger charge is 2.15. The fourth-order valence-corrected chi connectivity index (χ4v) is 3.44. The molecule has 0 aliphatic carbocycles. The number of aromatic nitrogens is 2. The van der Waals surface area contributed by atoms with Crippen LogP contribution in [0.25, 0.3) is 10.9 Å². The molecule has 2 aromatic heterocycles. The van der Waals surface area contributed by atoms with Gasteiger partial charge in [0.25, 0.3) is 5.91 Å². The van der Waals surface area contributed by atoms with E-state index >= 15 is 0 Å². The second-order valence-electron chi connectivity index (χ2n) is 6.72. The van der Waals surface area contributed by atoms with E-state index in [1.54, 1.807) is 36.5 Å². The summed E-state index contributed by atoms with van der Waals surface area (Å²) in [7, 11) is 0. The van der Waals surface area contributed by atoms with E-state index in [4.69, 9.17) is 4.74 Å². The highest BCUT2D eigenvalue weighted by atomic mass is 16.5. The van der Waals surface area contributed by atoms with Gasteiger partial charge >= 0.3 is 0 Å². The molecule has 0 saturated heterocycles. The Balaban J connectivity index is 1.40. The molecule has 2 N–H and O–H groups in total. The number of azo groups is 1. The molecule has 4 aromatic rings. The number of rotatable bonds is 4. The first-order valence-corrected chi connectivity index (χ1v) is 9.23. The number of carbonyl (C=O) groups excluding carboxylic acids is 1. The van der Waals surface area contributed by atoms with Crippen LogP contribution in [0.4, 0.5) is 5.69 Å². The molecule has 7 nitrogen and oxygen atoms in total. The first-order chi connectivity index (χ1) is 14.3. The van der Waals surface area contributed by atoms with Crippen molar-refractivity contribution in [3.63, 3.8) is 0 Å². The molecule has 2 aromatic carbocycles. The molecule has 0 spiro atoms. The Labute approximate surface area is 166 Å². The van der Waals surface area contributed by atoms with Crippen molar-refractivity contribution < 1.29 is 9.53 Å². The summed E-state index contributed by atoms with van der Waals surface area (Å²) in [4.78, 5) is 20.2. The zero-order chi connectivity index (χ0) is 19.6.